The van der Waals surface area contributed by atoms with Gasteiger partial charge in [0.1, 0.15) is 5.69 Å². The Morgan fingerprint density at radius 2 is 1.80 bits per heavy atom. The van der Waals surface area contributed by atoms with E-state index < -0.39 is 0 Å². The molecule has 0 unspecified atom stereocenters. The average Bonchev–Trinajstić information content (AvgIpc) is 2.45. The fraction of sp³-hybridized carbons (Fsp3) is 0.125. The molecular weight excluding hydrogens is 272 g/mol. The van der Waals surface area contributed by atoms with E-state index in [4.69, 9.17) is 11.6 Å². The zero-order valence-corrected chi connectivity index (χ0v) is 12.0. The fourth-order valence-corrected chi connectivity index (χ4v) is 2.47. The van der Waals surface area contributed by atoms with Crippen molar-refractivity contribution in [3.8, 4) is 0 Å². The standard InChI is InChI=1S/C16H13ClN2O/c1-19(2)16(20)15-13-9-10(17)7-8-11(13)12-5-3-4-6-14(12)18-15/h3-9H,1-2H3. The molecule has 0 saturated carbocycles. The highest BCUT2D eigenvalue weighted by Crippen LogP contribution is 2.29. The van der Waals surface area contributed by atoms with Crippen molar-refractivity contribution in [2.24, 2.45) is 0 Å². The van der Waals surface area contributed by atoms with Crippen LogP contribution in [0.5, 0.6) is 0 Å². The molecule has 3 rings (SSSR count). The maximum Gasteiger partial charge on any atom is 0.272 e. The summed E-state index contributed by atoms with van der Waals surface area (Å²) >= 11 is 6.07. The summed E-state index contributed by atoms with van der Waals surface area (Å²) in [4.78, 5) is 18.4. The normalized spacial score (nSPS) is 10.9. The van der Waals surface area contributed by atoms with Crippen LogP contribution in [-0.4, -0.2) is 29.9 Å². The number of carbonyl (C=O) groups is 1. The van der Waals surface area contributed by atoms with Crippen molar-refractivity contribution in [2.45, 2.75) is 0 Å². The highest BCUT2D eigenvalue weighted by molar-refractivity contribution is 6.32. The van der Waals surface area contributed by atoms with E-state index in [1.807, 2.05) is 36.4 Å². The summed E-state index contributed by atoms with van der Waals surface area (Å²) < 4.78 is 0. The van der Waals surface area contributed by atoms with Gasteiger partial charge in [-0.15, -0.1) is 0 Å². The van der Waals surface area contributed by atoms with Gasteiger partial charge in [0.05, 0.1) is 5.52 Å². The summed E-state index contributed by atoms with van der Waals surface area (Å²) in [6.45, 7) is 0. The summed E-state index contributed by atoms with van der Waals surface area (Å²) in [6.07, 6.45) is 0. The first kappa shape index (κ1) is 12.9. The van der Waals surface area contributed by atoms with Gasteiger partial charge in [0.15, 0.2) is 0 Å². The number of carbonyl (C=O) groups excluding carboxylic acids is 1. The highest BCUT2D eigenvalue weighted by atomic mass is 35.5. The second kappa shape index (κ2) is 4.76. The zero-order valence-electron chi connectivity index (χ0n) is 11.2. The lowest BCUT2D eigenvalue weighted by Gasteiger charge is -2.13. The predicted molar refractivity (Wildman–Crippen MR) is 82.3 cm³/mol. The maximum atomic E-state index is 12.3. The van der Waals surface area contributed by atoms with Crippen molar-refractivity contribution in [3.05, 3.63) is 53.2 Å². The molecule has 0 radical (unpaired) electrons. The van der Waals surface area contributed by atoms with Gasteiger partial charge in [0.2, 0.25) is 0 Å². The molecule has 1 aromatic heterocycles. The molecule has 2 aromatic carbocycles. The third-order valence-corrected chi connectivity index (χ3v) is 3.51. The van der Waals surface area contributed by atoms with Gasteiger partial charge in [0.25, 0.3) is 5.91 Å². The summed E-state index contributed by atoms with van der Waals surface area (Å²) in [5.41, 5.74) is 1.25. The molecular formula is C16H13ClN2O. The fourth-order valence-electron chi connectivity index (χ4n) is 2.30. The lowest BCUT2D eigenvalue weighted by molar-refractivity contribution is 0.0824. The van der Waals surface area contributed by atoms with Crippen LogP contribution in [0.15, 0.2) is 42.5 Å². The smallest absolute Gasteiger partial charge is 0.272 e. The van der Waals surface area contributed by atoms with Crippen LogP contribution in [-0.2, 0) is 0 Å². The van der Waals surface area contributed by atoms with Crippen LogP contribution in [0.25, 0.3) is 21.7 Å². The van der Waals surface area contributed by atoms with Gasteiger partial charge in [0, 0.05) is 29.9 Å². The molecule has 0 fully saturated rings. The van der Waals surface area contributed by atoms with Gasteiger partial charge in [-0.3, -0.25) is 4.79 Å². The molecule has 20 heavy (non-hydrogen) atoms. The van der Waals surface area contributed by atoms with E-state index in [2.05, 4.69) is 4.98 Å². The monoisotopic (exact) mass is 284 g/mol. The molecule has 0 bridgehead atoms. The van der Waals surface area contributed by atoms with Crippen molar-refractivity contribution in [1.82, 2.24) is 9.88 Å². The number of fused-ring (bicyclic) bond motifs is 3. The van der Waals surface area contributed by atoms with Gasteiger partial charge in [-0.25, -0.2) is 4.98 Å². The molecule has 0 spiro atoms. The van der Waals surface area contributed by atoms with Crippen LogP contribution in [0.1, 0.15) is 10.5 Å². The van der Waals surface area contributed by atoms with Crippen LogP contribution < -0.4 is 0 Å². The largest absolute Gasteiger partial charge is 0.343 e. The maximum absolute atomic E-state index is 12.3. The Labute approximate surface area is 121 Å². The second-order valence-electron chi connectivity index (χ2n) is 4.87. The number of amides is 1. The van der Waals surface area contributed by atoms with Crippen LogP contribution >= 0.6 is 11.6 Å². The predicted octanol–water partition coefficient (Wildman–Crippen LogP) is 3.74. The van der Waals surface area contributed by atoms with Crippen molar-refractivity contribution < 1.29 is 4.79 Å². The van der Waals surface area contributed by atoms with Crippen molar-refractivity contribution >= 4 is 39.2 Å². The molecule has 0 saturated heterocycles. The highest BCUT2D eigenvalue weighted by Gasteiger charge is 2.16. The summed E-state index contributed by atoms with van der Waals surface area (Å²) in [5.74, 6) is -0.122. The number of halogens is 1. The van der Waals surface area contributed by atoms with E-state index in [9.17, 15) is 4.79 Å². The number of hydrogen-bond acceptors (Lipinski definition) is 2. The molecule has 3 nitrogen and oxygen atoms in total. The van der Waals surface area contributed by atoms with Gasteiger partial charge >= 0.3 is 0 Å². The molecule has 0 aliphatic carbocycles. The Morgan fingerprint density at radius 3 is 2.55 bits per heavy atom. The lowest BCUT2D eigenvalue weighted by atomic mass is 10.0. The van der Waals surface area contributed by atoms with Crippen LogP contribution in [0.2, 0.25) is 5.02 Å². The second-order valence-corrected chi connectivity index (χ2v) is 5.30. The zero-order chi connectivity index (χ0) is 14.3. The first-order valence-electron chi connectivity index (χ1n) is 6.27. The Balaban J connectivity index is 2.47. The SMILES string of the molecule is CN(C)C(=O)c1nc2ccccc2c2ccc(Cl)cc12. The molecule has 0 atom stereocenters. The molecule has 4 heteroatoms. The van der Waals surface area contributed by atoms with E-state index in [-0.39, 0.29) is 5.91 Å². The first-order chi connectivity index (χ1) is 9.58. The average molecular weight is 285 g/mol. The van der Waals surface area contributed by atoms with Crippen LogP contribution in [0.4, 0.5) is 0 Å². The van der Waals surface area contributed by atoms with Gasteiger partial charge in [-0.2, -0.15) is 0 Å². The molecule has 0 N–H and O–H groups in total. The Morgan fingerprint density at radius 1 is 1.05 bits per heavy atom. The summed E-state index contributed by atoms with van der Waals surface area (Å²) in [5, 5.41) is 3.40. The Kier molecular flexibility index (Phi) is 3.07. The summed E-state index contributed by atoms with van der Waals surface area (Å²) in [6, 6.07) is 13.4. The minimum atomic E-state index is -0.122. The summed E-state index contributed by atoms with van der Waals surface area (Å²) in [7, 11) is 3.44. The molecule has 0 aliphatic heterocycles. The van der Waals surface area contributed by atoms with Gasteiger partial charge in [-0.1, -0.05) is 35.9 Å². The number of rotatable bonds is 1. The van der Waals surface area contributed by atoms with Crippen LogP contribution in [0.3, 0.4) is 0 Å². The minimum Gasteiger partial charge on any atom is -0.343 e. The number of pyridine rings is 1. The lowest BCUT2D eigenvalue weighted by Crippen LogP contribution is -2.23. The molecule has 3 aromatic rings. The van der Waals surface area contributed by atoms with Crippen molar-refractivity contribution in [3.63, 3.8) is 0 Å². The van der Waals surface area contributed by atoms with E-state index >= 15 is 0 Å². The molecule has 1 heterocycles. The van der Waals surface area contributed by atoms with Gasteiger partial charge in [-0.05, 0) is 23.6 Å². The van der Waals surface area contributed by atoms with Crippen molar-refractivity contribution in [1.29, 1.82) is 0 Å². The number of hydrogen-bond donors (Lipinski definition) is 0. The Bertz CT molecular complexity index is 827. The molecule has 1 amide bonds. The van der Waals surface area contributed by atoms with E-state index in [1.54, 1.807) is 20.2 Å². The van der Waals surface area contributed by atoms with Crippen molar-refractivity contribution in [2.75, 3.05) is 14.1 Å². The Hall–Kier alpha value is -2.13. The minimum absolute atomic E-state index is 0.122. The quantitative estimate of drug-likeness (QED) is 0.638. The number of nitrogens with zero attached hydrogens (tertiary/aromatic N) is 2. The van der Waals surface area contributed by atoms with E-state index in [0.717, 1.165) is 21.7 Å². The van der Waals surface area contributed by atoms with E-state index in [1.165, 1.54) is 4.90 Å². The van der Waals surface area contributed by atoms with Crippen LogP contribution in [0, 0.1) is 0 Å². The van der Waals surface area contributed by atoms with Gasteiger partial charge < -0.3 is 4.90 Å². The molecule has 100 valence electrons. The first-order valence-corrected chi connectivity index (χ1v) is 6.65. The molecule has 0 aliphatic rings. The number of aromatic nitrogens is 1. The number of para-hydroxylation sites is 1. The third-order valence-electron chi connectivity index (χ3n) is 3.27. The third kappa shape index (κ3) is 2.00. The number of benzene rings is 2. The van der Waals surface area contributed by atoms with E-state index in [0.29, 0.717) is 10.7 Å². The topological polar surface area (TPSA) is 33.2 Å².